The van der Waals surface area contributed by atoms with Crippen LogP contribution in [0.2, 0.25) is 0 Å². The predicted octanol–water partition coefficient (Wildman–Crippen LogP) is 2.57. The second-order valence-electron chi connectivity index (χ2n) is 5.38. The van der Waals surface area contributed by atoms with Crippen molar-refractivity contribution in [2.45, 2.75) is 51.9 Å². The molecule has 1 aliphatic heterocycles. The molecular formula is C11H20O2. The van der Waals surface area contributed by atoms with E-state index in [4.69, 9.17) is 9.47 Å². The molecule has 0 N–H and O–H groups in total. The van der Waals surface area contributed by atoms with Gasteiger partial charge in [-0.3, -0.25) is 0 Å². The molecule has 1 saturated carbocycles. The Morgan fingerprint density at radius 3 is 2.62 bits per heavy atom. The van der Waals surface area contributed by atoms with Crippen molar-refractivity contribution in [1.82, 2.24) is 0 Å². The molecule has 0 aromatic rings. The standard InChI is InChI=1S/C11H20O2/c1-10(2)8-5-6-11(3,7-8)9(12-4)13-10/h8-9H,5-7H2,1-4H3/t8-,9+,11+/m1/s1. The first-order valence-electron chi connectivity index (χ1n) is 5.18. The fourth-order valence-electron chi connectivity index (χ4n) is 2.93. The van der Waals surface area contributed by atoms with Gasteiger partial charge in [0.2, 0.25) is 0 Å². The Balaban J connectivity index is 2.23. The first-order chi connectivity index (χ1) is 5.98. The summed E-state index contributed by atoms with van der Waals surface area (Å²) in [7, 11) is 1.75. The second kappa shape index (κ2) is 2.71. The van der Waals surface area contributed by atoms with Crippen molar-refractivity contribution in [2.24, 2.45) is 11.3 Å². The van der Waals surface area contributed by atoms with Gasteiger partial charge in [-0.1, -0.05) is 6.92 Å². The van der Waals surface area contributed by atoms with E-state index in [0.717, 1.165) is 5.92 Å². The number of hydrogen-bond acceptors (Lipinski definition) is 2. The highest BCUT2D eigenvalue weighted by Gasteiger charge is 2.53. The predicted molar refractivity (Wildman–Crippen MR) is 51.4 cm³/mol. The summed E-state index contributed by atoms with van der Waals surface area (Å²) in [6.07, 6.45) is 3.81. The Hall–Kier alpha value is -0.0800. The van der Waals surface area contributed by atoms with Crippen molar-refractivity contribution in [2.75, 3.05) is 7.11 Å². The van der Waals surface area contributed by atoms with E-state index in [2.05, 4.69) is 20.8 Å². The number of hydrogen-bond donors (Lipinski definition) is 0. The van der Waals surface area contributed by atoms with E-state index >= 15 is 0 Å². The maximum Gasteiger partial charge on any atom is 0.163 e. The molecule has 0 spiro atoms. The van der Waals surface area contributed by atoms with E-state index in [1.807, 2.05) is 0 Å². The molecule has 76 valence electrons. The fraction of sp³-hybridized carbons (Fsp3) is 1.00. The molecule has 0 aromatic carbocycles. The normalized spacial score (nSPS) is 48.0. The van der Waals surface area contributed by atoms with Gasteiger partial charge in [-0.2, -0.15) is 0 Å². The lowest BCUT2D eigenvalue weighted by atomic mass is 9.79. The Morgan fingerprint density at radius 1 is 1.31 bits per heavy atom. The average molecular weight is 184 g/mol. The van der Waals surface area contributed by atoms with Gasteiger partial charge in [0.05, 0.1) is 5.60 Å². The monoisotopic (exact) mass is 184 g/mol. The highest BCUT2D eigenvalue weighted by atomic mass is 16.7. The maximum absolute atomic E-state index is 5.99. The van der Waals surface area contributed by atoms with Crippen LogP contribution in [0.1, 0.15) is 40.0 Å². The van der Waals surface area contributed by atoms with Gasteiger partial charge in [0.25, 0.3) is 0 Å². The molecule has 2 nitrogen and oxygen atoms in total. The topological polar surface area (TPSA) is 18.5 Å². The van der Waals surface area contributed by atoms with E-state index in [1.165, 1.54) is 19.3 Å². The highest BCUT2D eigenvalue weighted by molar-refractivity contribution is 4.99. The van der Waals surface area contributed by atoms with Crippen LogP contribution in [-0.2, 0) is 9.47 Å². The molecule has 2 bridgehead atoms. The molecule has 0 radical (unpaired) electrons. The Morgan fingerprint density at radius 2 is 2.00 bits per heavy atom. The largest absolute Gasteiger partial charge is 0.355 e. The van der Waals surface area contributed by atoms with E-state index in [9.17, 15) is 0 Å². The van der Waals surface area contributed by atoms with Gasteiger partial charge in [0, 0.05) is 12.5 Å². The molecule has 1 heterocycles. The van der Waals surface area contributed by atoms with Gasteiger partial charge in [-0.15, -0.1) is 0 Å². The van der Waals surface area contributed by atoms with E-state index < -0.39 is 0 Å². The average Bonchev–Trinajstić information content (AvgIpc) is 2.41. The molecule has 2 aliphatic rings. The molecule has 2 heteroatoms. The molecule has 1 aliphatic carbocycles. The van der Waals surface area contributed by atoms with Crippen molar-refractivity contribution in [3.63, 3.8) is 0 Å². The second-order valence-corrected chi connectivity index (χ2v) is 5.38. The SMILES string of the molecule is CO[C@H]1OC(C)(C)[C@@H]2CC[C@@]1(C)C2. The van der Waals surface area contributed by atoms with Crippen molar-refractivity contribution in [3.05, 3.63) is 0 Å². The number of methoxy groups -OCH3 is 1. The van der Waals surface area contributed by atoms with Crippen LogP contribution in [0.25, 0.3) is 0 Å². The van der Waals surface area contributed by atoms with E-state index in [1.54, 1.807) is 7.11 Å². The Kier molecular flexibility index (Phi) is 1.97. The van der Waals surface area contributed by atoms with Crippen molar-refractivity contribution >= 4 is 0 Å². The molecule has 0 aromatic heterocycles. The summed E-state index contributed by atoms with van der Waals surface area (Å²) in [5.41, 5.74) is 0.283. The van der Waals surface area contributed by atoms with Crippen LogP contribution in [0.15, 0.2) is 0 Å². The van der Waals surface area contributed by atoms with Crippen LogP contribution in [-0.4, -0.2) is 19.0 Å². The Labute approximate surface area is 80.6 Å². The maximum atomic E-state index is 5.99. The highest BCUT2D eigenvalue weighted by Crippen LogP contribution is 2.54. The summed E-state index contributed by atoms with van der Waals surface area (Å²) in [5.74, 6) is 0.726. The van der Waals surface area contributed by atoms with Crippen LogP contribution < -0.4 is 0 Å². The van der Waals surface area contributed by atoms with Crippen molar-refractivity contribution < 1.29 is 9.47 Å². The zero-order valence-corrected chi connectivity index (χ0v) is 9.09. The third-order valence-corrected chi connectivity index (χ3v) is 3.95. The van der Waals surface area contributed by atoms with Crippen LogP contribution in [0.5, 0.6) is 0 Å². The molecule has 1 saturated heterocycles. The molecule has 0 unspecified atom stereocenters. The van der Waals surface area contributed by atoms with Gasteiger partial charge < -0.3 is 9.47 Å². The third-order valence-electron chi connectivity index (χ3n) is 3.95. The first kappa shape index (κ1) is 9.47. The summed E-state index contributed by atoms with van der Waals surface area (Å²) < 4.78 is 11.4. The Bertz CT molecular complexity index is 212. The van der Waals surface area contributed by atoms with Crippen molar-refractivity contribution in [1.29, 1.82) is 0 Å². The number of fused-ring (bicyclic) bond motifs is 2. The van der Waals surface area contributed by atoms with E-state index in [-0.39, 0.29) is 17.3 Å². The summed E-state index contributed by atoms with van der Waals surface area (Å²) in [6.45, 7) is 6.67. The summed E-state index contributed by atoms with van der Waals surface area (Å²) in [6, 6.07) is 0. The van der Waals surface area contributed by atoms with Gasteiger partial charge >= 0.3 is 0 Å². The minimum Gasteiger partial charge on any atom is -0.355 e. The third kappa shape index (κ3) is 1.31. The smallest absolute Gasteiger partial charge is 0.163 e. The lowest BCUT2D eigenvalue weighted by Gasteiger charge is -2.45. The fourth-order valence-corrected chi connectivity index (χ4v) is 2.93. The van der Waals surface area contributed by atoms with Crippen LogP contribution in [0.4, 0.5) is 0 Å². The van der Waals surface area contributed by atoms with Crippen LogP contribution in [0, 0.1) is 11.3 Å². The minimum atomic E-state index is 0.00116. The molecular weight excluding hydrogens is 164 g/mol. The summed E-state index contributed by atoms with van der Waals surface area (Å²) in [4.78, 5) is 0. The number of ether oxygens (including phenoxy) is 2. The molecule has 0 amide bonds. The minimum absolute atomic E-state index is 0.00116. The van der Waals surface area contributed by atoms with Gasteiger partial charge in [0.1, 0.15) is 0 Å². The quantitative estimate of drug-likeness (QED) is 0.623. The van der Waals surface area contributed by atoms with Crippen molar-refractivity contribution in [3.8, 4) is 0 Å². The van der Waals surface area contributed by atoms with E-state index in [0.29, 0.717) is 0 Å². The van der Waals surface area contributed by atoms with Crippen LogP contribution >= 0.6 is 0 Å². The molecule has 13 heavy (non-hydrogen) atoms. The number of rotatable bonds is 1. The zero-order valence-electron chi connectivity index (χ0n) is 9.09. The van der Waals surface area contributed by atoms with Gasteiger partial charge in [-0.05, 0) is 39.0 Å². The lowest BCUT2D eigenvalue weighted by molar-refractivity contribution is -0.270. The van der Waals surface area contributed by atoms with Gasteiger partial charge in [-0.25, -0.2) is 0 Å². The summed E-state index contributed by atoms with van der Waals surface area (Å²) >= 11 is 0. The molecule has 2 rings (SSSR count). The van der Waals surface area contributed by atoms with Crippen LogP contribution in [0.3, 0.4) is 0 Å². The zero-order chi connectivity index (χ0) is 9.69. The first-order valence-corrected chi connectivity index (χ1v) is 5.18. The summed E-state index contributed by atoms with van der Waals surface area (Å²) in [5, 5.41) is 0. The lowest BCUT2D eigenvalue weighted by Crippen LogP contribution is -2.48. The molecule has 2 fully saturated rings. The van der Waals surface area contributed by atoms with Gasteiger partial charge in [0.15, 0.2) is 6.29 Å². The molecule has 3 atom stereocenters.